The quantitative estimate of drug-likeness (QED) is 0.833. The summed E-state index contributed by atoms with van der Waals surface area (Å²) in [5.41, 5.74) is -0.665. The highest BCUT2D eigenvalue weighted by atomic mass is 19.4. The van der Waals surface area contributed by atoms with E-state index in [4.69, 9.17) is 5.11 Å². The molecule has 0 aliphatic carbocycles. The molecule has 0 unspecified atom stereocenters. The van der Waals surface area contributed by atoms with E-state index in [9.17, 15) is 18.0 Å². The molecule has 0 fully saturated rings. The van der Waals surface area contributed by atoms with Gasteiger partial charge >= 0.3 is 12.1 Å². The first-order valence-electron chi connectivity index (χ1n) is 4.45. The van der Waals surface area contributed by atoms with Gasteiger partial charge in [0.15, 0.2) is 0 Å². The normalized spacial score (nSPS) is 11.7. The standard InChI is InChI=1S/C10H5F3N2O2/c11-10(12,13)6-1-2-7-5(3-6)4-14-8(15-7)9(16)17/h1-4H,(H,16,17). The van der Waals surface area contributed by atoms with Crippen molar-refractivity contribution in [1.29, 1.82) is 0 Å². The molecule has 4 nitrogen and oxygen atoms in total. The van der Waals surface area contributed by atoms with Gasteiger partial charge in [0.2, 0.25) is 5.82 Å². The maximum Gasteiger partial charge on any atom is 0.416 e. The molecule has 2 rings (SSSR count). The molecule has 0 aliphatic rings. The van der Waals surface area contributed by atoms with Crippen LogP contribution in [0.2, 0.25) is 0 Å². The lowest BCUT2D eigenvalue weighted by Crippen LogP contribution is -2.06. The molecule has 1 N–H and O–H groups in total. The highest BCUT2D eigenvalue weighted by Gasteiger charge is 2.30. The van der Waals surface area contributed by atoms with Gasteiger partial charge in [0.25, 0.3) is 0 Å². The largest absolute Gasteiger partial charge is 0.475 e. The summed E-state index contributed by atoms with van der Waals surface area (Å²) in [6.45, 7) is 0. The summed E-state index contributed by atoms with van der Waals surface area (Å²) >= 11 is 0. The van der Waals surface area contributed by atoms with Crippen molar-refractivity contribution in [3.63, 3.8) is 0 Å². The third-order valence-corrected chi connectivity index (χ3v) is 2.10. The highest BCUT2D eigenvalue weighted by molar-refractivity contribution is 5.87. The van der Waals surface area contributed by atoms with Crippen LogP contribution in [0, 0.1) is 0 Å². The zero-order chi connectivity index (χ0) is 12.6. The summed E-state index contributed by atoms with van der Waals surface area (Å²) in [5, 5.41) is 8.77. The predicted molar refractivity (Wildman–Crippen MR) is 51.5 cm³/mol. The van der Waals surface area contributed by atoms with Crippen LogP contribution < -0.4 is 0 Å². The molecule has 0 saturated heterocycles. The number of halogens is 3. The van der Waals surface area contributed by atoms with E-state index in [-0.39, 0.29) is 10.9 Å². The number of hydrogen-bond donors (Lipinski definition) is 1. The van der Waals surface area contributed by atoms with Gasteiger partial charge in [0.05, 0.1) is 11.1 Å². The summed E-state index contributed by atoms with van der Waals surface area (Å²) in [4.78, 5) is 17.6. The smallest absolute Gasteiger partial charge is 0.416 e. The summed E-state index contributed by atoms with van der Waals surface area (Å²) in [5.74, 6) is -1.77. The van der Waals surface area contributed by atoms with Gasteiger partial charge in [0, 0.05) is 11.6 Å². The average molecular weight is 242 g/mol. The topological polar surface area (TPSA) is 63.1 Å². The maximum atomic E-state index is 12.4. The predicted octanol–water partition coefficient (Wildman–Crippen LogP) is 2.35. The van der Waals surface area contributed by atoms with Crippen LogP contribution in [0.1, 0.15) is 16.2 Å². The number of carbonyl (C=O) groups is 1. The Bertz CT molecular complexity index is 596. The molecule has 0 atom stereocenters. The first kappa shape index (κ1) is 11.3. The van der Waals surface area contributed by atoms with Crippen LogP contribution >= 0.6 is 0 Å². The fraction of sp³-hybridized carbons (Fsp3) is 0.100. The first-order chi connectivity index (χ1) is 7.88. The Hall–Kier alpha value is -2.18. The number of alkyl halides is 3. The van der Waals surface area contributed by atoms with Crippen LogP contribution in [0.25, 0.3) is 10.9 Å². The number of nitrogens with zero attached hydrogens (tertiary/aromatic N) is 2. The van der Waals surface area contributed by atoms with Crippen LogP contribution in [0.3, 0.4) is 0 Å². The van der Waals surface area contributed by atoms with Crippen LogP contribution in [0.5, 0.6) is 0 Å². The Morgan fingerprint density at radius 1 is 1.29 bits per heavy atom. The van der Waals surface area contributed by atoms with E-state index in [1.54, 1.807) is 0 Å². The van der Waals surface area contributed by atoms with E-state index in [0.717, 1.165) is 24.4 Å². The molecule has 2 aromatic rings. The summed E-state index contributed by atoms with van der Waals surface area (Å²) in [6.07, 6.45) is -3.39. The van der Waals surface area contributed by atoms with Gasteiger partial charge in [0.1, 0.15) is 0 Å². The molecule has 0 spiro atoms. The molecule has 0 aliphatic heterocycles. The molecule has 1 heterocycles. The molecule has 7 heteroatoms. The van der Waals surface area contributed by atoms with E-state index in [1.165, 1.54) is 0 Å². The monoisotopic (exact) mass is 242 g/mol. The van der Waals surface area contributed by atoms with Gasteiger partial charge in [-0.2, -0.15) is 13.2 Å². The van der Waals surface area contributed by atoms with Gasteiger partial charge in [-0.1, -0.05) is 0 Å². The molecule has 1 aromatic carbocycles. The Morgan fingerprint density at radius 2 is 2.00 bits per heavy atom. The number of aromatic nitrogens is 2. The summed E-state index contributed by atoms with van der Waals surface area (Å²) < 4.78 is 37.2. The number of carboxylic acid groups (broad SMARTS) is 1. The number of carboxylic acids is 1. The van der Waals surface area contributed by atoms with Crippen molar-refractivity contribution in [2.24, 2.45) is 0 Å². The summed E-state index contributed by atoms with van der Waals surface area (Å²) in [6, 6.07) is 2.84. The molecule has 0 amide bonds. The van der Waals surface area contributed by atoms with Gasteiger partial charge in [-0.25, -0.2) is 14.8 Å². The lowest BCUT2D eigenvalue weighted by atomic mass is 10.1. The molecule has 1 aromatic heterocycles. The van der Waals surface area contributed by atoms with E-state index < -0.39 is 23.5 Å². The fourth-order valence-electron chi connectivity index (χ4n) is 1.31. The van der Waals surface area contributed by atoms with Crippen LogP contribution in [-0.2, 0) is 6.18 Å². The number of fused-ring (bicyclic) bond motifs is 1. The zero-order valence-corrected chi connectivity index (χ0v) is 8.19. The Labute approximate surface area is 92.7 Å². The van der Waals surface area contributed by atoms with Crippen LogP contribution in [0.4, 0.5) is 13.2 Å². The third-order valence-electron chi connectivity index (χ3n) is 2.10. The molecule has 0 radical (unpaired) electrons. The lowest BCUT2D eigenvalue weighted by Gasteiger charge is -2.07. The van der Waals surface area contributed by atoms with E-state index in [1.807, 2.05) is 0 Å². The Morgan fingerprint density at radius 3 is 2.59 bits per heavy atom. The maximum absolute atomic E-state index is 12.4. The number of aromatic carboxylic acids is 1. The van der Waals surface area contributed by atoms with Crippen molar-refractivity contribution < 1.29 is 23.1 Å². The van der Waals surface area contributed by atoms with Crippen LogP contribution in [0.15, 0.2) is 24.4 Å². The molecule has 17 heavy (non-hydrogen) atoms. The zero-order valence-electron chi connectivity index (χ0n) is 8.19. The second-order valence-electron chi connectivity index (χ2n) is 3.27. The lowest BCUT2D eigenvalue weighted by molar-refractivity contribution is -0.137. The molecule has 88 valence electrons. The SMILES string of the molecule is O=C(O)c1ncc2cc(C(F)(F)F)ccc2n1. The van der Waals surface area contributed by atoms with E-state index >= 15 is 0 Å². The fourth-order valence-corrected chi connectivity index (χ4v) is 1.31. The minimum Gasteiger partial charge on any atom is -0.475 e. The number of rotatable bonds is 1. The van der Waals surface area contributed by atoms with Crippen molar-refractivity contribution in [1.82, 2.24) is 9.97 Å². The Balaban J connectivity index is 2.58. The van der Waals surface area contributed by atoms with Crippen molar-refractivity contribution in [3.8, 4) is 0 Å². The second-order valence-corrected chi connectivity index (χ2v) is 3.27. The summed E-state index contributed by atoms with van der Waals surface area (Å²) in [7, 11) is 0. The highest BCUT2D eigenvalue weighted by Crippen LogP contribution is 2.30. The van der Waals surface area contributed by atoms with E-state index in [0.29, 0.717) is 0 Å². The van der Waals surface area contributed by atoms with Crippen molar-refractivity contribution in [2.45, 2.75) is 6.18 Å². The van der Waals surface area contributed by atoms with Gasteiger partial charge in [-0.3, -0.25) is 0 Å². The minimum absolute atomic E-state index is 0.143. The van der Waals surface area contributed by atoms with Crippen molar-refractivity contribution in [3.05, 3.63) is 35.8 Å². The number of benzene rings is 1. The first-order valence-corrected chi connectivity index (χ1v) is 4.45. The van der Waals surface area contributed by atoms with E-state index in [2.05, 4.69) is 9.97 Å². The Kier molecular flexibility index (Phi) is 2.45. The minimum atomic E-state index is -4.44. The van der Waals surface area contributed by atoms with Gasteiger partial charge < -0.3 is 5.11 Å². The third kappa shape index (κ3) is 2.17. The number of hydrogen-bond acceptors (Lipinski definition) is 3. The van der Waals surface area contributed by atoms with Gasteiger partial charge in [-0.05, 0) is 18.2 Å². The molecular weight excluding hydrogens is 237 g/mol. The molecule has 0 bridgehead atoms. The second kappa shape index (κ2) is 3.69. The van der Waals surface area contributed by atoms with Crippen LogP contribution in [-0.4, -0.2) is 21.0 Å². The molecular formula is C10H5F3N2O2. The average Bonchev–Trinajstić information content (AvgIpc) is 2.26. The van der Waals surface area contributed by atoms with Gasteiger partial charge in [-0.15, -0.1) is 0 Å². The van der Waals surface area contributed by atoms with Crippen molar-refractivity contribution in [2.75, 3.05) is 0 Å². The molecule has 0 saturated carbocycles. The van der Waals surface area contributed by atoms with Crippen molar-refractivity contribution >= 4 is 16.9 Å².